The number of hydrogen-bond donors (Lipinski definition) is 1. The van der Waals surface area contributed by atoms with E-state index in [1.165, 1.54) is 0 Å². The van der Waals surface area contributed by atoms with Crippen LogP contribution in [-0.4, -0.2) is 17.8 Å². The number of amides is 4. The third-order valence-electron chi connectivity index (χ3n) is 3.03. The van der Waals surface area contributed by atoms with Gasteiger partial charge in [0.1, 0.15) is 5.92 Å². The number of rotatable bonds is 2. The van der Waals surface area contributed by atoms with Crippen molar-refractivity contribution in [2.24, 2.45) is 11.8 Å². The third-order valence-corrected chi connectivity index (χ3v) is 4.24. The highest BCUT2D eigenvalue weighted by molar-refractivity contribution is 9.10. The predicted molar refractivity (Wildman–Crippen MR) is 78.5 cm³/mol. The molecule has 1 saturated heterocycles. The highest BCUT2D eigenvalue weighted by Gasteiger charge is 2.42. The number of carbonyl (C=O) groups excluding carboxylic acids is 3. The van der Waals surface area contributed by atoms with E-state index >= 15 is 0 Å². The quantitative estimate of drug-likeness (QED) is 0.826. The molecule has 0 aliphatic carbocycles. The first-order valence-corrected chi connectivity index (χ1v) is 7.14. The molecule has 1 aliphatic heterocycles. The average Bonchev–Trinajstić information content (AvgIpc) is 2.32. The number of hydrogen-bond acceptors (Lipinski definition) is 3. The zero-order chi connectivity index (χ0) is 15.0. The van der Waals surface area contributed by atoms with Gasteiger partial charge in [0.05, 0.1) is 10.7 Å². The summed E-state index contributed by atoms with van der Waals surface area (Å²) in [7, 11) is 0. The Labute approximate surface area is 129 Å². The summed E-state index contributed by atoms with van der Waals surface area (Å²) in [6, 6.07) is 3.94. The lowest BCUT2D eigenvalue weighted by Gasteiger charge is -2.31. The summed E-state index contributed by atoms with van der Waals surface area (Å²) in [4.78, 5) is 37.0. The molecule has 7 heteroatoms. The van der Waals surface area contributed by atoms with Crippen LogP contribution < -0.4 is 10.2 Å². The number of halogens is 2. The first-order chi connectivity index (χ1) is 9.32. The maximum absolute atomic E-state index is 12.4. The number of imide groups is 2. The van der Waals surface area contributed by atoms with Crippen molar-refractivity contribution in [1.29, 1.82) is 0 Å². The van der Waals surface area contributed by atoms with Crippen molar-refractivity contribution >= 4 is 51.1 Å². The maximum atomic E-state index is 12.4. The molecule has 4 amide bonds. The van der Waals surface area contributed by atoms with E-state index in [0.29, 0.717) is 15.2 Å². The lowest BCUT2D eigenvalue weighted by molar-refractivity contribution is -0.136. The summed E-state index contributed by atoms with van der Waals surface area (Å²) in [5, 5.41) is 2.67. The van der Waals surface area contributed by atoms with Crippen molar-refractivity contribution < 1.29 is 14.4 Å². The molecular weight excluding hydrogens is 348 g/mol. The van der Waals surface area contributed by atoms with Crippen molar-refractivity contribution in [1.82, 2.24) is 5.32 Å². The number of carbonyl (C=O) groups is 3. The minimum absolute atomic E-state index is 0.200. The second-order valence-electron chi connectivity index (χ2n) is 4.79. The largest absolute Gasteiger partial charge is 0.335 e. The van der Waals surface area contributed by atoms with Gasteiger partial charge in [-0.05, 0) is 40.0 Å². The topological polar surface area (TPSA) is 66.5 Å². The summed E-state index contributed by atoms with van der Waals surface area (Å²) >= 11 is 9.13. The van der Waals surface area contributed by atoms with Gasteiger partial charge in [-0.15, -0.1) is 0 Å². The minimum atomic E-state index is -0.873. The van der Waals surface area contributed by atoms with Gasteiger partial charge in [0.2, 0.25) is 11.8 Å². The highest BCUT2D eigenvalue weighted by Crippen LogP contribution is 2.30. The van der Waals surface area contributed by atoms with E-state index in [1.54, 1.807) is 32.0 Å². The fourth-order valence-electron chi connectivity index (χ4n) is 2.05. The van der Waals surface area contributed by atoms with Crippen LogP contribution >= 0.6 is 27.5 Å². The molecule has 1 fully saturated rings. The normalized spacial score (nSPS) is 19.6. The second kappa shape index (κ2) is 5.54. The first kappa shape index (κ1) is 15.0. The van der Waals surface area contributed by atoms with Gasteiger partial charge in [0, 0.05) is 4.47 Å². The SMILES string of the molecule is CC(C)C1C(=O)NC(=O)N(c2ccc(Cl)c(Br)c2)C1=O. The van der Waals surface area contributed by atoms with E-state index in [4.69, 9.17) is 11.6 Å². The molecule has 1 N–H and O–H groups in total. The molecule has 1 aromatic rings. The van der Waals surface area contributed by atoms with Crippen LogP contribution in [0.3, 0.4) is 0 Å². The van der Waals surface area contributed by atoms with Crippen LogP contribution in [0.15, 0.2) is 22.7 Å². The molecule has 1 heterocycles. The van der Waals surface area contributed by atoms with Crippen LogP contribution in [0.25, 0.3) is 0 Å². The number of urea groups is 1. The minimum Gasteiger partial charge on any atom is -0.277 e. The number of benzene rings is 1. The molecule has 106 valence electrons. The molecule has 0 aromatic heterocycles. The van der Waals surface area contributed by atoms with Crippen LogP contribution in [0, 0.1) is 11.8 Å². The molecule has 5 nitrogen and oxygen atoms in total. The lowest BCUT2D eigenvalue weighted by Crippen LogP contribution is -2.59. The molecule has 0 radical (unpaired) electrons. The fourth-order valence-corrected chi connectivity index (χ4v) is 2.53. The fraction of sp³-hybridized carbons (Fsp3) is 0.308. The Morgan fingerprint density at radius 3 is 2.50 bits per heavy atom. The Morgan fingerprint density at radius 2 is 1.95 bits per heavy atom. The van der Waals surface area contributed by atoms with Crippen LogP contribution in [-0.2, 0) is 9.59 Å². The third kappa shape index (κ3) is 2.58. The van der Waals surface area contributed by atoms with Gasteiger partial charge in [0.15, 0.2) is 0 Å². The Hall–Kier alpha value is -1.40. The number of nitrogens with one attached hydrogen (secondary N) is 1. The van der Waals surface area contributed by atoms with Gasteiger partial charge in [-0.1, -0.05) is 25.4 Å². The molecule has 1 aromatic carbocycles. The monoisotopic (exact) mass is 358 g/mol. The van der Waals surface area contributed by atoms with Gasteiger partial charge in [0.25, 0.3) is 0 Å². The Morgan fingerprint density at radius 1 is 1.30 bits per heavy atom. The molecule has 2 rings (SSSR count). The molecule has 20 heavy (non-hydrogen) atoms. The van der Waals surface area contributed by atoms with E-state index < -0.39 is 23.8 Å². The Bertz CT molecular complexity index is 603. The number of anilines is 1. The summed E-state index contributed by atoms with van der Waals surface area (Å²) < 4.78 is 0.565. The van der Waals surface area contributed by atoms with Crippen molar-refractivity contribution in [2.45, 2.75) is 13.8 Å². The van der Waals surface area contributed by atoms with Crippen molar-refractivity contribution in [3.8, 4) is 0 Å². The predicted octanol–water partition coefficient (Wildman–Crippen LogP) is 2.96. The maximum Gasteiger partial charge on any atom is 0.335 e. The Kier molecular flexibility index (Phi) is 4.15. The van der Waals surface area contributed by atoms with Gasteiger partial charge >= 0.3 is 6.03 Å². The van der Waals surface area contributed by atoms with Crippen LogP contribution in [0.2, 0.25) is 5.02 Å². The zero-order valence-electron chi connectivity index (χ0n) is 10.8. The molecule has 0 spiro atoms. The van der Waals surface area contributed by atoms with Crippen LogP contribution in [0.4, 0.5) is 10.5 Å². The van der Waals surface area contributed by atoms with E-state index in [0.717, 1.165) is 4.90 Å². The molecule has 1 unspecified atom stereocenters. The molecule has 0 saturated carbocycles. The van der Waals surface area contributed by atoms with Gasteiger partial charge < -0.3 is 0 Å². The van der Waals surface area contributed by atoms with E-state index in [2.05, 4.69) is 21.2 Å². The average molecular weight is 360 g/mol. The standard InChI is InChI=1S/C13H12BrClN2O3/c1-6(2)10-11(18)16-13(20)17(12(10)19)7-3-4-9(15)8(14)5-7/h3-6,10H,1-2H3,(H,16,18,20). The Balaban J connectivity index is 2.43. The lowest BCUT2D eigenvalue weighted by atomic mass is 9.92. The van der Waals surface area contributed by atoms with Crippen molar-refractivity contribution in [3.05, 3.63) is 27.7 Å². The van der Waals surface area contributed by atoms with E-state index in [9.17, 15) is 14.4 Å². The zero-order valence-corrected chi connectivity index (χ0v) is 13.2. The first-order valence-electron chi connectivity index (χ1n) is 5.96. The number of barbiturate groups is 1. The molecule has 1 aliphatic rings. The number of nitrogens with zero attached hydrogens (tertiary/aromatic N) is 1. The van der Waals surface area contributed by atoms with Crippen molar-refractivity contribution in [3.63, 3.8) is 0 Å². The highest BCUT2D eigenvalue weighted by atomic mass is 79.9. The molecule has 1 atom stereocenters. The summed E-state index contributed by atoms with van der Waals surface area (Å²) in [6.45, 7) is 3.52. The summed E-state index contributed by atoms with van der Waals surface area (Å²) in [5.74, 6) is -2.15. The smallest absolute Gasteiger partial charge is 0.277 e. The van der Waals surface area contributed by atoms with E-state index in [-0.39, 0.29) is 5.92 Å². The molecular formula is C13H12BrClN2O3. The van der Waals surface area contributed by atoms with Crippen molar-refractivity contribution in [2.75, 3.05) is 4.90 Å². The van der Waals surface area contributed by atoms with Gasteiger partial charge in [-0.2, -0.15) is 0 Å². The van der Waals surface area contributed by atoms with E-state index in [1.807, 2.05) is 0 Å². The summed E-state index contributed by atoms with van der Waals surface area (Å²) in [6.07, 6.45) is 0. The van der Waals surface area contributed by atoms with Crippen LogP contribution in [0.1, 0.15) is 13.8 Å². The second-order valence-corrected chi connectivity index (χ2v) is 6.05. The summed E-state index contributed by atoms with van der Waals surface area (Å²) in [5.41, 5.74) is 0.363. The van der Waals surface area contributed by atoms with Gasteiger partial charge in [-0.3, -0.25) is 14.9 Å². The van der Waals surface area contributed by atoms with Gasteiger partial charge in [-0.25, -0.2) is 9.69 Å². The van der Waals surface area contributed by atoms with Crippen LogP contribution in [0.5, 0.6) is 0 Å². The molecule has 0 bridgehead atoms.